The van der Waals surface area contributed by atoms with Crippen LogP contribution in [0.15, 0.2) is 36.7 Å². The Hall–Kier alpha value is -4.54. The predicted molar refractivity (Wildman–Crippen MR) is 141 cm³/mol. The van der Waals surface area contributed by atoms with Crippen LogP contribution < -0.4 is 10.1 Å². The SMILES string of the molecule is COc1cnc(Cl)cc1-c1cc(C)ncc1C(=O)Nc1nc2c(s1)CN(C(=O)c1ccc(C#N)c(C(F)F)n1)C2. The number of alkyl halides is 2. The van der Waals surface area contributed by atoms with E-state index in [1.807, 2.05) is 0 Å². The first-order chi connectivity index (χ1) is 19.2. The Morgan fingerprint density at radius 2 is 1.98 bits per heavy atom. The summed E-state index contributed by atoms with van der Waals surface area (Å²) < 4.78 is 31.9. The first-order valence-corrected chi connectivity index (χ1v) is 12.8. The molecule has 0 atom stereocenters. The summed E-state index contributed by atoms with van der Waals surface area (Å²) in [5.41, 5.74) is 1.42. The van der Waals surface area contributed by atoms with Crippen LogP contribution in [0.2, 0.25) is 5.15 Å². The van der Waals surface area contributed by atoms with E-state index in [4.69, 9.17) is 21.6 Å². The Morgan fingerprint density at radius 3 is 2.67 bits per heavy atom. The third-order valence-corrected chi connectivity index (χ3v) is 7.27. The van der Waals surface area contributed by atoms with Crippen molar-refractivity contribution in [2.24, 2.45) is 0 Å². The molecule has 202 valence electrons. The van der Waals surface area contributed by atoms with Gasteiger partial charge in [-0.3, -0.25) is 19.9 Å². The highest BCUT2D eigenvalue weighted by Gasteiger charge is 2.30. The van der Waals surface area contributed by atoms with Crippen LogP contribution in [0.25, 0.3) is 11.1 Å². The molecule has 2 amide bonds. The molecule has 0 radical (unpaired) electrons. The fourth-order valence-electron chi connectivity index (χ4n) is 4.17. The van der Waals surface area contributed by atoms with Gasteiger partial charge in [-0.25, -0.2) is 23.7 Å². The third kappa shape index (κ3) is 5.18. The second kappa shape index (κ2) is 10.9. The summed E-state index contributed by atoms with van der Waals surface area (Å²) >= 11 is 7.30. The van der Waals surface area contributed by atoms with Crippen LogP contribution in [0.5, 0.6) is 5.75 Å². The van der Waals surface area contributed by atoms with E-state index in [1.165, 1.54) is 41.8 Å². The molecule has 4 aromatic rings. The number of methoxy groups -OCH3 is 1. The van der Waals surface area contributed by atoms with Gasteiger partial charge in [-0.15, -0.1) is 0 Å². The molecule has 0 aromatic carbocycles. The van der Waals surface area contributed by atoms with Crippen molar-refractivity contribution in [3.63, 3.8) is 0 Å². The van der Waals surface area contributed by atoms with Gasteiger partial charge in [0.05, 0.1) is 48.1 Å². The largest absolute Gasteiger partial charge is 0.494 e. The zero-order valence-corrected chi connectivity index (χ0v) is 22.5. The fourth-order valence-corrected chi connectivity index (χ4v) is 5.31. The summed E-state index contributed by atoms with van der Waals surface area (Å²) in [7, 11) is 1.49. The van der Waals surface area contributed by atoms with Crippen LogP contribution in [0, 0.1) is 18.3 Å². The van der Waals surface area contributed by atoms with Crippen LogP contribution in [0.3, 0.4) is 0 Å². The van der Waals surface area contributed by atoms with Crippen LogP contribution >= 0.6 is 22.9 Å². The second-order valence-electron chi connectivity index (χ2n) is 8.62. The molecule has 40 heavy (non-hydrogen) atoms. The summed E-state index contributed by atoms with van der Waals surface area (Å²) in [6.45, 7) is 2.06. The number of ether oxygens (including phenoxy) is 1. The quantitative estimate of drug-likeness (QED) is 0.308. The monoisotopic (exact) mass is 581 g/mol. The lowest BCUT2D eigenvalue weighted by molar-refractivity contribution is 0.0742. The number of rotatable bonds is 6. The number of nitriles is 1. The van der Waals surface area contributed by atoms with Gasteiger partial charge < -0.3 is 9.64 Å². The van der Waals surface area contributed by atoms with E-state index in [9.17, 15) is 18.4 Å². The molecule has 0 unspecified atom stereocenters. The van der Waals surface area contributed by atoms with Crippen molar-refractivity contribution in [3.05, 3.63) is 80.6 Å². The maximum Gasteiger partial charge on any atom is 0.281 e. The molecular weight excluding hydrogens is 564 g/mol. The van der Waals surface area contributed by atoms with Gasteiger partial charge in [0.15, 0.2) is 5.13 Å². The molecule has 5 heterocycles. The molecule has 4 aromatic heterocycles. The second-order valence-corrected chi connectivity index (χ2v) is 10.1. The number of halogens is 3. The number of pyridine rings is 3. The molecule has 0 aliphatic carbocycles. The predicted octanol–water partition coefficient (Wildman–Crippen LogP) is 5.18. The lowest BCUT2D eigenvalue weighted by Gasteiger charge is -2.16. The van der Waals surface area contributed by atoms with Gasteiger partial charge >= 0.3 is 0 Å². The Labute approximate surface area is 235 Å². The number of carbonyl (C=O) groups is 2. The molecule has 0 bridgehead atoms. The lowest BCUT2D eigenvalue weighted by atomic mass is 10.0. The maximum absolute atomic E-state index is 13.3. The summed E-state index contributed by atoms with van der Waals surface area (Å²) in [6.07, 6.45) is -0.0699. The molecular formula is C26H18ClF2N7O3S. The minimum atomic E-state index is -2.99. The summed E-state index contributed by atoms with van der Waals surface area (Å²) in [6, 6.07) is 7.39. The van der Waals surface area contributed by atoms with E-state index in [2.05, 4.69) is 25.3 Å². The van der Waals surface area contributed by atoms with Gasteiger partial charge in [0.25, 0.3) is 18.2 Å². The van der Waals surface area contributed by atoms with Gasteiger partial charge in [0.2, 0.25) is 0 Å². The Kier molecular flexibility index (Phi) is 7.38. The van der Waals surface area contributed by atoms with Crippen LogP contribution in [-0.4, -0.2) is 43.8 Å². The normalized spacial score (nSPS) is 12.3. The van der Waals surface area contributed by atoms with Crippen molar-refractivity contribution in [2.75, 3.05) is 12.4 Å². The zero-order valence-electron chi connectivity index (χ0n) is 20.9. The number of fused-ring (bicyclic) bond motifs is 1. The molecule has 0 saturated carbocycles. The number of aryl methyl sites for hydroxylation is 1. The van der Waals surface area contributed by atoms with Crippen LogP contribution in [0.4, 0.5) is 13.9 Å². The number of carbonyl (C=O) groups excluding carboxylic acids is 2. The van der Waals surface area contributed by atoms with E-state index in [1.54, 1.807) is 25.1 Å². The zero-order chi connectivity index (χ0) is 28.6. The molecule has 0 saturated heterocycles. The number of amides is 2. The topological polar surface area (TPSA) is 134 Å². The van der Waals surface area contributed by atoms with Crippen LogP contribution in [-0.2, 0) is 13.1 Å². The molecule has 10 nitrogen and oxygen atoms in total. The van der Waals surface area contributed by atoms with Crippen molar-refractivity contribution in [2.45, 2.75) is 26.4 Å². The molecule has 1 aliphatic rings. The molecule has 0 spiro atoms. The van der Waals surface area contributed by atoms with Gasteiger partial charge in [-0.05, 0) is 31.2 Å². The number of anilines is 1. The molecule has 5 rings (SSSR count). The number of thiazole rings is 1. The number of hydrogen-bond donors (Lipinski definition) is 1. The molecule has 1 N–H and O–H groups in total. The van der Waals surface area contributed by atoms with E-state index in [0.29, 0.717) is 33.4 Å². The van der Waals surface area contributed by atoms with Gasteiger partial charge in [0, 0.05) is 23.0 Å². The number of nitrogens with zero attached hydrogens (tertiary/aromatic N) is 6. The van der Waals surface area contributed by atoms with E-state index in [-0.39, 0.29) is 35.1 Å². The summed E-state index contributed by atoms with van der Waals surface area (Å²) in [5.74, 6) is -0.596. The van der Waals surface area contributed by atoms with Crippen molar-refractivity contribution in [1.29, 1.82) is 5.26 Å². The standard InChI is InChI=1S/C26H18ClF2N7O3S/c1-12-5-14(15-6-21(27)32-9-19(15)39-2)16(8-31-12)24(37)35-26-34-18-10-36(11-20(18)40-26)25(38)17-4-3-13(7-30)22(33-17)23(28)29/h3-6,8-9,23H,10-11H2,1-2H3,(H,34,35,37). The average Bonchev–Trinajstić information content (AvgIpc) is 3.51. The van der Waals surface area contributed by atoms with Gasteiger partial charge in [0.1, 0.15) is 28.4 Å². The van der Waals surface area contributed by atoms with Gasteiger partial charge in [-0.2, -0.15) is 5.26 Å². The molecule has 14 heteroatoms. The summed E-state index contributed by atoms with van der Waals surface area (Å²) in [5, 5.41) is 12.3. The summed E-state index contributed by atoms with van der Waals surface area (Å²) in [4.78, 5) is 44.8. The van der Waals surface area contributed by atoms with E-state index >= 15 is 0 Å². The lowest BCUT2D eigenvalue weighted by Crippen LogP contribution is -2.27. The number of hydrogen-bond acceptors (Lipinski definition) is 9. The molecule has 0 fully saturated rings. The minimum Gasteiger partial charge on any atom is -0.494 e. The highest BCUT2D eigenvalue weighted by molar-refractivity contribution is 7.16. The first-order valence-electron chi connectivity index (χ1n) is 11.6. The van der Waals surface area contributed by atoms with Crippen molar-refractivity contribution in [3.8, 4) is 22.9 Å². The van der Waals surface area contributed by atoms with Crippen molar-refractivity contribution >= 4 is 39.9 Å². The van der Waals surface area contributed by atoms with Crippen molar-refractivity contribution in [1.82, 2.24) is 24.8 Å². The Balaban J connectivity index is 1.34. The third-order valence-electron chi connectivity index (χ3n) is 6.06. The van der Waals surface area contributed by atoms with Crippen molar-refractivity contribution < 1.29 is 23.1 Å². The minimum absolute atomic E-state index is 0.107. The fraction of sp³-hybridized carbons (Fsp3) is 0.192. The number of nitrogens with one attached hydrogen (secondary N) is 1. The number of aromatic nitrogens is 4. The first kappa shape index (κ1) is 27.0. The Morgan fingerprint density at radius 1 is 1.18 bits per heavy atom. The van der Waals surface area contributed by atoms with Crippen LogP contribution in [0.1, 0.15) is 54.8 Å². The Bertz CT molecular complexity index is 1680. The highest BCUT2D eigenvalue weighted by Crippen LogP contribution is 2.36. The van der Waals surface area contributed by atoms with E-state index in [0.717, 1.165) is 10.9 Å². The highest BCUT2D eigenvalue weighted by atomic mass is 35.5. The van der Waals surface area contributed by atoms with E-state index < -0.39 is 23.9 Å². The maximum atomic E-state index is 13.3. The average molecular weight is 582 g/mol. The van der Waals surface area contributed by atoms with Gasteiger partial charge in [-0.1, -0.05) is 22.9 Å². The molecule has 1 aliphatic heterocycles. The smallest absolute Gasteiger partial charge is 0.281 e.